The van der Waals surface area contributed by atoms with Crippen LogP contribution in [0.3, 0.4) is 0 Å². The van der Waals surface area contributed by atoms with Gasteiger partial charge < -0.3 is 9.32 Å². The first kappa shape index (κ1) is 15.1. The van der Waals surface area contributed by atoms with E-state index in [1.807, 2.05) is 12.1 Å². The van der Waals surface area contributed by atoms with Gasteiger partial charge >= 0.3 is 5.88 Å². The van der Waals surface area contributed by atoms with E-state index in [2.05, 4.69) is 37.9 Å². The summed E-state index contributed by atoms with van der Waals surface area (Å²) in [5.74, 6) is 0.451. The molecule has 2 aromatic rings. The highest BCUT2D eigenvalue weighted by atomic mass is 79.9. The molecular formula is C15H16BrN3O3. The maximum absolute atomic E-state index is 10.6. The maximum atomic E-state index is 10.6. The smallest absolute Gasteiger partial charge is 0.404 e. The zero-order valence-electron chi connectivity index (χ0n) is 11.9. The van der Waals surface area contributed by atoms with Crippen molar-refractivity contribution >= 4 is 27.5 Å². The summed E-state index contributed by atoms with van der Waals surface area (Å²) in [5.41, 5.74) is 1.22. The SMILES string of the molecule is O=[N+]([O-])c1ccc(CN2CCN(c3ccc(Br)cc3)CC2)o1. The van der Waals surface area contributed by atoms with Crippen molar-refractivity contribution in [1.82, 2.24) is 4.90 Å². The van der Waals surface area contributed by atoms with Crippen molar-refractivity contribution in [3.63, 3.8) is 0 Å². The molecule has 1 fully saturated rings. The predicted octanol–water partition coefficient (Wildman–Crippen LogP) is 3.27. The average molecular weight is 366 g/mol. The lowest BCUT2D eigenvalue weighted by Crippen LogP contribution is -2.45. The first-order chi connectivity index (χ1) is 10.6. The van der Waals surface area contributed by atoms with Crippen molar-refractivity contribution in [2.24, 2.45) is 0 Å². The number of rotatable bonds is 4. The average Bonchev–Trinajstić information content (AvgIpc) is 2.98. The molecule has 1 aliphatic heterocycles. The molecule has 0 radical (unpaired) electrons. The first-order valence-electron chi connectivity index (χ1n) is 7.08. The first-order valence-corrected chi connectivity index (χ1v) is 7.87. The third kappa shape index (κ3) is 3.48. The summed E-state index contributed by atoms with van der Waals surface area (Å²) in [5, 5.41) is 10.6. The molecule has 0 N–H and O–H groups in total. The van der Waals surface area contributed by atoms with Crippen LogP contribution in [-0.2, 0) is 6.54 Å². The normalized spacial score (nSPS) is 16.0. The maximum Gasteiger partial charge on any atom is 0.433 e. The lowest BCUT2D eigenvalue weighted by molar-refractivity contribution is -0.402. The third-order valence-electron chi connectivity index (χ3n) is 3.77. The summed E-state index contributed by atoms with van der Waals surface area (Å²) in [6.07, 6.45) is 0. The Balaban J connectivity index is 1.55. The molecule has 0 unspecified atom stereocenters. The molecule has 1 aliphatic rings. The lowest BCUT2D eigenvalue weighted by atomic mass is 10.2. The van der Waals surface area contributed by atoms with E-state index in [0.29, 0.717) is 12.3 Å². The van der Waals surface area contributed by atoms with Crippen LogP contribution in [0.2, 0.25) is 0 Å². The molecule has 116 valence electrons. The van der Waals surface area contributed by atoms with Gasteiger partial charge in [0.25, 0.3) is 0 Å². The van der Waals surface area contributed by atoms with Crippen molar-refractivity contribution in [2.45, 2.75) is 6.54 Å². The van der Waals surface area contributed by atoms with Crippen LogP contribution < -0.4 is 4.90 Å². The van der Waals surface area contributed by atoms with Gasteiger partial charge in [-0.15, -0.1) is 0 Å². The fourth-order valence-corrected chi connectivity index (χ4v) is 2.85. The Bertz CT molecular complexity index is 648. The number of anilines is 1. The minimum Gasteiger partial charge on any atom is -0.404 e. The van der Waals surface area contributed by atoms with Crippen molar-refractivity contribution < 1.29 is 9.34 Å². The zero-order chi connectivity index (χ0) is 15.5. The van der Waals surface area contributed by atoms with E-state index in [1.54, 1.807) is 6.07 Å². The molecule has 1 aromatic heterocycles. The number of hydrogen-bond acceptors (Lipinski definition) is 5. The molecular weight excluding hydrogens is 350 g/mol. The molecule has 22 heavy (non-hydrogen) atoms. The Morgan fingerprint density at radius 3 is 2.36 bits per heavy atom. The topological polar surface area (TPSA) is 62.8 Å². The molecule has 0 amide bonds. The van der Waals surface area contributed by atoms with Gasteiger partial charge in [-0.3, -0.25) is 15.0 Å². The highest BCUT2D eigenvalue weighted by molar-refractivity contribution is 9.10. The second kappa shape index (κ2) is 6.50. The van der Waals surface area contributed by atoms with Crippen LogP contribution in [-0.4, -0.2) is 36.0 Å². The van der Waals surface area contributed by atoms with Crippen LogP contribution in [0.4, 0.5) is 11.6 Å². The predicted molar refractivity (Wildman–Crippen MR) is 87.0 cm³/mol. The number of hydrogen-bond donors (Lipinski definition) is 0. The van der Waals surface area contributed by atoms with Gasteiger partial charge in [-0.05, 0) is 30.3 Å². The van der Waals surface area contributed by atoms with Crippen LogP contribution >= 0.6 is 15.9 Å². The Morgan fingerprint density at radius 2 is 1.77 bits per heavy atom. The highest BCUT2D eigenvalue weighted by Gasteiger charge is 2.19. The van der Waals surface area contributed by atoms with E-state index in [0.717, 1.165) is 30.7 Å². The van der Waals surface area contributed by atoms with Gasteiger partial charge in [0.2, 0.25) is 0 Å². The lowest BCUT2D eigenvalue weighted by Gasteiger charge is -2.35. The Hall–Kier alpha value is -1.86. The molecule has 0 aliphatic carbocycles. The van der Waals surface area contributed by atoms with Gasteiger partial charge in [-0.1, -0.05) is 15.9 Å². The quantitative estimate of drug-likeness (QED) is 0.614. The van der Waals surface area contributed by atoms with Crippen LogP contribution in [0.1, 0.15) is 5.76 Å². The number of piperazine rings is 1. The molecule has 6 nitrogen and oxygen atoms in total. The number of benzene rings is 1. The van der Waals surface area contributed by atoms with Crippen molar-refractivity contribution in [3.05, 3.63) is 56.7 Å². The van der Waals surface area contributed by atoms with Gasteiger partial charge in [-0.2, -0.15) is 0 Å². The van der Waals surface area contributed by atoms with Gasteiger partial charge in [0.05, 0.1) is 12.6 Å². The van der Waals surface area contributed by atoms with Gasteiger partial charge in [0, 0.05) is 36.3 Å². The fraction of sp³-hybridized carbons (Fsp3) is 0.333. The minimum atomic E-state index is -0.505. The second-order valence-electron chi connectivity index (χ2n) is 5.24. The molecule has 0 atom stereocenters. The van der Waals surface area contributed by atoms with Gasteiger partial charge in [-0.25, -0.2) is 0 Å². The van der Waals surface area contributed by atoms with Gasteiger partial charge in [0.15, 0.2) is 0 Å². The molecule has 1 aromatic carbocycles. The van der Waals surface area contributed by atoms with Crippen molar-refractivity contribution in [1.29, 1.82) is 0 Å². The Labute approximate surface area is 136 Å². The Kier molecular flexibility index (Phi) is 4.44. The molecule has 3 rings (SSSR count). The van der Waals surface area contributed by atoms with Crippen molar-refractivity contribution in [3.8, 4) is 0 Å². The van der Waals surface area contributed by atoms with E-state index in [1.165, 1.54) is 11.8 Å². The molecule has 2 heterocycles. The van der Waals surface area contributed by atoms with Crippen LogP contribution in [0.5, 0.6) is 0 Å². The van der Waals surface area contributed by atoms with Gasteiger partial charge in [0.1, 0.15) is 10.7 Å². The second-order valence-corrected chi connectivity index (χ2v) is 6.15. The largest absolute Gasteiger partial charge is 0.433 e. The number of nitro groups is 1. The number of furan rings is 1. The molecule has 0 bridgehead atoms. The monoisotopic (exact) mass is 365 g/mol. The summed E-state index contributed by atoms with van der Waals surface area (Å²) in [6, 6.07) is 11.4. The Morgan fingerprint density at radius 1 is 1.09 bits per heavy atom. The van der Waals surface area contributed by atoms with E-state index in [4.69, 9.17) is 4.42 Å². The molecule has 0 saturated carbocycles. The summed E-state index contributed by atoms with van der Waals surface area (Å²) in [7, 11) is 0. The van der Waals surface area contributed by atoms with E-state index in [-0.39, 0.29) is 5.88 Å². The molecule has 7 heteroatoms. The zero-order valence-corrected chi connectivity index (χ0v) is 13.5. The van der Waals surface area contributed by atoms with Crippen LogP contribution in [0.15, 0.2) is 45.3 Å². The summed E-state index contributed by atoms with van der Waals surface area (Å²) in [4.78, 5) is 14.7. The molecule has 1 saturated heterocycles. The van der Waals surface area contributed by atoms with Crippen LogP contribution in [0.25, 0.3) is 0 Å². The van der Waals surface area contributed by atoms with E-state index in [9.17, 15) is 10.1 Å². The number of nitrogens with zero attached hydrogens (tertiary/aromatic N) is 3. The van der Waals surface area contributed by atoms with Crippen molar-refractivity contribution in [2.75, 3.05) is 31.1 Å². The highest BCUT2D eigenvalue weighted by Crippen LogP contribution is 2.21. The summed E-state index contributed by atoms with van der Waals surface area (Å²) in [6.45, 7) is 4.30. The summed E-state index contributed by atoms with van der Waals surface area (Å²) < 4.78 is 6.29. The van der Waals surface area contributed by atoms with Crippen LogP contribution in [0, 0.1) is 10.1 Å². The van der Waals surface area contributed by atoms with E-state index >= 15 is 0 Å². The molecule has 0 spiro atoms. The fourth-order valence-electron chi connectivity index (χ4n) is 2.59. The summed E-state index contributed by atoms with van der Waals surface area (Å²) >= 11 is 3.44. The third-order valence-corrected chi connectivity index (χ3v) is 4.30. The number of halogens is 1. The standard InChI is InChI=1S/C15H16BrN3O3/c16-12-1-3-13(4-2-12)18-9-7-17(8-10-18)11-14-5-6-15(22-14)19(20)21/h1-6H,7-11H2. The minimum absolute atomic E-state index is 0.191. The van der Waals surface area contributed by atoms with E-state index < -0.39 is 4.92 Å².